The highest BCUT2D eigenvalue weighted by atomic mass is 17.2. The second-order valence-corrected chi connectivity index (χ2v) is 1.27. The van der Waals surface area contributed by atoms with Gasteiger partial charge in [0.05, 0.1) is 0 Å². The fourth-order valence-electron chi connectivity index (χ4n) is 0.201. The van der Waals surface area contributed by atoms with Crippen LogP contribution in [-0.4, -0.2) is 27.4 Å². The molecule has 0 aliphatic heterocycles. The van der Waals surface area contributed by atoms with Crippen LogP contribution in [0.4, 0.5) is 0 Å². The van der Waals surface area contributed by atoms with E-state index < -0.39 is 0 Å². The SMILES string of the molecule is COCC[O+](C)[O-]. The summed E-state index contributed by atoms with van der Waals surface area (Å²) in [6.07, 6.45) is 0. The van der Waals surface area contributed by atoms with E-state index in [0.29, 0.717) is 13.2 Å². The molecule has 0 unspecified atom stereocenters. The number of methoxy groups -OCH3 is 1. The standard InChI is InChI=1S/C4H10O3/c1-6-3-4-7(2)5/h3-4H2,1-2H3. The van der Waals surface area contributed by atoms with Crippen molar-refractivity contribution in [1.82, 2.24) is 0 Å². The summed E-state index contributed by atoms with van der Waals surface area (Å²) in [7, 11) is 2.95. The van der Waals surface area contributed by atoms with Gasteiger partial charge in [0.2, 0.25) is 0 Å². The molecule has 7 heavy (non-hydrogen) atoms. The number of rotatable bonds is 3. The molecule has 0 atom stereocenters. The minimum Gasteiger partial charge on any atom is -0.534 e. The topological polar surface area (TPSA) is 35.0 Å². The Morgan fingerprint density at radius 3 is 2.43 bits per heavy atom. The lowest BCUT2D eigenvalue weighted by atomic mass is 10.8. The number of hydrogen-bond acceptors (Lipinski definition) is 2. The van der Waals surface area contributed by atoms with Crippen molar-refractivity contribution in [3.8, 4) is 0 Å². The number of hydrogen-bond donors (Lipinski definition) is 0. The van der Waals surface area contributed by atoms with Crippen LogP contribution in [0, 0.1) is 0 Å². The van der Waals surface area contributed by atoms with Gasteiger partial charge in [-0.1, -0.05) is 0 Å². The molecule has 0 fully saturated rings. The second-order valence-electron chi connectivity index (χ2n) is 1.27. The highest BCUT2D eigenvalue weighted by Crippen LogP contribution is 1.73. The van der Waals surface area contributed by atoms with Gasteiger partial charge in [-0.25, -0.2) is 0 Å². The van der Waals surface area contributed by atoms with Crippen LogP contribution in [0.15, 0.2) is 0 Å². The highest BCUT2D eigenvalue weighted by molar-refractivity contribution is 4.19. The van der Waals surface area contributed by atoms with E-state index >= 15 is 0 Å². The van der Waals surface area contributed by atoms with Crippen molar-refractivity contribution in [2.24, 2.45) is 0 Å². The van der Waals surface area contributed by atoms with E-state index in [0.717, 1.165) is 0 Å². The fourth-order valence-corrected chi connectivity index (χ4v) is 0.201. The number of ether oxygens (including phenoxy) is 1. The minimum atomic E-state index is 0.372. The first-order valence-corrected chi connectivity index (χ1v) is 2.06. The van der Waals surface area contributed by atoms with E-state index in [1.165, 1.54) is 11.6 Å². The molecule has 3 heteroatoms. The van der Waals surface area contributed by atoms with Gasteiger partial charge in [0.15, 0.2) is 6.61 Å². The third-order valence-corrected chi connectivity index (χ3v) is 0.575. The molecule has 0 N–H and O–H groups in total. The maximum atomic E-state index is 9.96. The van der Waals surface area contributed by atoms with Crippen LogP contribution < -0.4 is 5.26 Å². The van der Waals surface area contributed by atoms with E-state index in [1.807, 2.05) is 0 Å². The van der Waals surface area contributed by atoms with Crippen LogP contribution in [0.5, 0.6) is 0 Å². The fraction of sp³-hybridized carbons (Fsp3) is 1.00. The molecule has 0 spiro atoms. The smallest absolute Gasteiger partial charge is 0.174 e. The zero-order valence-electron chi connectivity index (χ0n) is 4.64. The summed E-state index contributed by atoms with van der Waals surface area (Å²) in [5.74, 6) is 0. The van der Waals surface area contributed by atoms with Crippen molar-refractivity contribution >= 4 is 0 Å². The average Bonchev–Trinajstić information content (AvgIpc) is 1.61. The first-order valence-electron chi connectivity index (χ1n) is 2.06. The second kappa shape index (κ2) is 4.05. The van der Waals surface area contributed by atoms with Gasteiger partial charge in [-0.05, 0) is 0 Å². The third kappa shape index (κ3) is 5.88. The van der Waals surface area contributed by atoms with E-state index in [1.54, 1.807) is 7.11 Å². The maximum Gasteiger partial charge on any atom is 0.174 e. The molecule has 44 valence electrons. The van der Waals surface area contributed by atoms with Gasteiger partial charge >= 0.3 is 0 Å². The Labute approximate surface area is 43.1 Å². The zero-order valence-corrected chi connectivity index (χ0v) is 4.64. The van der Waals surface area contributed by atoms with Crippen LogP contribution in [0.2, 0.25) is 0 Å². The molecule has 0 aromatic rings. The quantitative estimate of drug-likeness (QED) is 0.265. The van der Waals surface area contributed by atoms with Gasteiger partial charge < -0.3 is 14.5 Å². The highest BCUT2D eigenvalue weighted by Gasteiger charge is 1.85. The summed E-state index contributed by atoms with van der Waals surface area (Å²) in [5, 5.41) is 9.96. The van der Waals surface area contributed by atoms with Gasteiger partial charge in [-0.2, -0.15) is 0 Å². The maximum absolute atomic E-state index is 9.96. The van der Waals surface area contributed by atoms with E-state index in [-0.39, 0.29) is 0 Å². The summed E-state index contributed by atoms with van der Waals surface area (Å²) in [6.45, 7) is 0.848. The Morgan fingerprint density at radius 2 is 2.29 bits per heavy atom. The van der Waals surface area contributed by atoms with Crippen molar-refractivity contribution in [3.05, 3.63) is 0 Å². The predicted octanol–water partition coefficient (Wildman–Crippen LogP) is -0.910. The summed E-state index contributed by atoms with van der Waals surface area (Å²) in [5.41, 5.74) is 0. The molecule has 0 radical (unpaired) electrons. The van der Waals surface area contributed by atoms with Crippen LogP contribution >= 0.6 is 0 Å². The van der Waals surface area contributed by atoms with E-state index in [9.17, 15) is 5.26 Å². The predicted molar refractivity (Wildman–Crippen MR) is 23.8 cm³/mol. The Bertz CT molecular complexity index is 35.9. The molecule has 0 aromatic heterocycles. The molecule has 0 heterocycles. The largest absolute Gasteiger partial charge is 0.534 e. The van der Waals surface area contributed by atoms with Gasteiger partial charge in [-0.3, -0.25) is 0 Å². The monoisotopic (exact) mass is 106 g/mol. The first kappa shape index (κ1) is 6.88. The van der Waals surface area contributed by atoms with Gasteiger partial charge in [0.1, 0.15) is 13.7 Å². The van der Waals surface area contributed by atoms with Crippen molar-refractivity contribution in [2.75, 3.05) is 27.4 Å². The molecule has 0 aliphatic rings. The van der Waals surface area contributed by atoms with Crippen molar-refractivity contribution in [2.45, 2.75) is 0 Å². The summed E-state index contributed by atoms with van der Waals surface area (Å²) in [4.78, 5) is 0. The molecule has 3 nitrogen and oxygen atoms in total. The third-order valence-electron chi connectivity index (χ3n) is 0.575. The van der Waals surface area contributed by atoms with Crippen molar-refractivity contribution < 1.29 is 14.5 Å². The Balaban J connectivity index is 2.68. The summed E-state index contributed by atoms with van der Waals surface area (Å²) >= 11 is 0. The van der Waals surface area contributed by atoms with Crippen LogP contribution in [-0.2, 0) is 9.25 Å². The molecule has 0 amide bonds. The molecule has 0 aliphatic carbocycles. The van der Waals surface area contributed by atoms with Gasteiger partial charge in [0.25, 0.3) is 0 Å². The van der Waals surface area contributed by atoms with Crippen molar-refractivity contribution in [1.29, 1.82) is 0 Å². The lowest BCUT2D eigenvalue weighted by Crippen LogP contribution is -2.24. The molecular formula is C4H10O3. The summed E-state index contributed by atoms with van der Waals surface area (Å²) < 4.78 is 6.08. The Kier molecular flexibility index (Phi) is 3.98. The van der Waals surface area contributed by atoms with E-state index in [4.69, 9.17) is 0 Å². The molecule has 0 aromatic carbocycles. The molecular weight excluding hydrogens is 96.0 g/mol. The lowest BCUT2D eigenvalue weighted by Gasteiger charge is -2.12. The normalized spacial score (nSPS) is 10.3. The lowest BCUT2D eigenvalue weighted by molar-refractivity contribution is -0.784. The molecule has 0 bridgehead atoms. The average molecular weight is 106 g/mol. The molecule has 0 saturated heterocycles. The zero-order chi connectivity index (χ0) is 5.70. The van der Waals surface area contributed by atoms with E-state index in [2.05, 4.69) is 4.74 Å². The molecule has 0 saturated carbocycles. The van der Waals surface area contributed by atoms with Crippen LogP contribution in [0.25, 0.3) is 0 Å². The minimum absolute atomic E-state index is 0.372. The van der Waals surface area contributed by atoms with Gasteiger partial charge in [-0.15, -0.1) is 0 Å². The first-order chi connectivity index (χ1) is 3.27. The Morgan fingerprint density at radius 1 is 1.71 bits per heavy atom. The summed E-state index contributed by atoms with van der Waals surface area (Å²) in [6, 6.07) is 0. The van der Waals surface area contributed by atoms with Crippen molar-refractivity contribution in [3.63, 3.8) is 0 Å². The van der Waals surface area contributed by atoms with Crippen LogP contribution in [0.3, 0.4) is 0 Å². The van der Waals surface area contributed by atoms with Gasteiger partial charge in [0, 0.05) is 7.11 Å². The van der Waals surface area contributed by atoms with Crippen LogP contribution in [0.1, 0.15) is 0 Å². The molecule has 0 rings (SSSR count). The Hall–Kier alpha value is -0.120.